The quantitative estimate of drug-likeness (QED) is 0.596. The Kier molecular flexibility index (Phi) is 1.94. The zero-order valence-corrected chi connectivity index (χ0v) is 8.85. The Morgan fingerprint density at radius 3 is 1.88 bits per heavy atom. The third-order valence-corrected chi connectivity index (χ3v) is 2.98. The van der Waals surface area contributed by atoms with Gasteiger partial charge in [0.2, 0.25) is 0 Å². The Balaban J connectivity index is 2.24. The van der Waals surface area contributed by atoms with Crippen LogP contribution in [0, 0.1) is 12.5 Å². The molecule has 0 radical (unpaired) electrons. The molecule has 1 aliphatic heterocycles. The lowest BCUT2D eigenvalue weighted by Crippen LogP contribution is -2.17. The number of para-hydroxylation sites is 2. The third-order valence-electron chi connectivity index (χ3n) is 2.98. The molecule has 0 unspecified atom stereocenters. The molecule has 0 N–H and O–H groups in total. The molecule has 2 aromatic rings. The van der Waals surface area contributed by atoms with Gasteiger partial charge in [-0.1, -0.05) is 42.8 Å². The molecular weight excluding hydrogens is 194 g/mol. The predicted octanol–water partition coefficient (Wildman–Crippen LogP) is 3.32. The van der Waals surface area contributed by atoms with Gasteiger partial charge in [-0.05, 0) is 23.3 Å². The Morgan fingerprint density at radius 1 is 0.875 bits per heavy atom. The van der Waals surface area contributed by atoms with E-state index in [-0.39, 0.29) is 0 Å². The maximum atomic E-state index is 5.61. The SMILES string of the molecule is C#CN1c2ccccc2Cc2ccccc21. The summed E-state index contributed by atoms with van der Waals surface area (Å²) in [6.45, 7) is 0. The summed E-state index contributed by atoms with van der Waals surface area (Å²) in [5.74, 6) is 0. The van der Waals surface area contributed by atoms with E-state index in [1.165, 1.54) is 11.1 Å². The summed E-state index contributed by atoms with van der Waals surface area (Å²) in [6, 6.07) is 19.3. The Labute approximate surface area is 95.3 Å². The number of nitrogens with zero attached hydrogens (tertiary/aromatic N) is 1. The van der Waals surface area contributed by atoms with Gasteiger partial charge < -0.3 is 0 Å². The van der Waals surface area contributed by atoms with Crippen molar-refractivity contribution in [1.29, 1.82) is 0 Å². The molecule has 1 heterocycles. The summed E-state index contributed by atoms with van der Waals surface area (Å²) >= 11 is 0. The number of hydrogen-bond donors (Lipinski definition) is 0. The summed E-state index contributed by atoms with van der Waals surface area (Å²) in [7, 11) is 0. The van der Waals surface area contributed by atoms with Crippen molar-refractivity contribution in [1.82, 2.24) is 0 Å². The number of rotatable bonds is 0. The summed E-state index contributed by atoms with van der Waals surface area (Å²) in [5.41, 5.74) is 4.84. The molecule has 0 saturated carbocycles. The molecule has 0 fully saturated rings. The van der Waals surface area contributed by atoms with E-state index in [0.717, 1.165) is 17.8 Å². The molecule has 0 aromatic heterocycles. The lowest BCUT2D eigenvalue weighted by molar-refractivity contribution is 1.10. The third kappa shape index (κ3) is 1.20. The monoisotopic (exact) mass is 205 g/mol. The standard InChI is InChI=1S/C15H11N/c1-2-16-14-9-5-3-7-12(14)11-13-8-4-6-10-15(13)16/h1,3-10H,11H2. The average Bonchev–Trinajstić information content (AvgIpc) is 2.36. The number of benzene rings is 2. The molecule has 16 heavy (non-hydrogen) atoms. The van der Waals surface area contributed by atoms with E-state index in [4.69, 9.17) is 6.42 Å². The summed E-state index contributed by atoms with van der Waals surface area (Å²) in [5, 5.41) is 0. The highest BCUT2D eigenvalue weighted by molar-refractivity contribution is 5.77. The lowest BCUT2D eigenvalue weighted by Gasteiger charge is -2.28. The number of hydrogen-bond acceptors (Lipinski definition) is 1. The van der Waals surface area contributed by atoms with Crippen molar-refractivity contribution in [2.75, 3.05) is 4.90 Å². The first-order chi connectivity index (χ1) is 7.90. The van der Waals surface area contributed by atoms with Crippen LogP contribution in [-0.2, 0) is 6.42 Å². The van der Waals surface area contributed by atoms with Gasteiger partial charge in [-0.2, -0.15) is 0 Å². The Bertz CT molecular complexity index is 532. The van der Waals surface area contributed by atoms with E-state index in [9.17, 15) is 0 Å². The Morgan fingerprint density at radius 2 is 1.38 bits per heavy atom. The van der Waals surface area contributed by atoms with E-state index in [1.54, 1.807) is 0 Å². The molecule has 1 nitrogen and oxygen atoms in total. The van der Waals surface area contributed by atoms with Crippen LogP contribution >= 0.6 is 0 Å². The first-order valence-electron chi connectivity index (χ1n) is 5.32. The second-order valence-corrected chi connectivity index (χ2v) is 3.90. The molecule has 0 bridgehead atoms. The van der Waals surface area contributed by atoms with Gasteiger partial charge >= 0.3 is 0 Å². The fraction of sp³-hybridized carbons (Fsp3) is 0.0667. The topological polar surface area (TPSA) is 3.24 Å². The lowest BCUT2D eigenvalue weighted by atomic mass is 9.96. The van der Waals surface area contributed by atoms with Crippen LogP contribution in [0.3, 0.4) is 0 Å². The maximum absolute atomic E-state index is 5.61. The van der Waals surface area contributed by atoms with Crippen LogP contribution in [0.25, 0.3) is 0 Å². The molecule has 0 saturated heterocycles. The minimum Gasteiger partial charge on any atom is -0.269 e. The van der Waals surface area contributed by atoms with Gasteiger partial charge in [0.05, 0.1) is 11.4 Å². The van der Waals surface area contributed by atoms with Crippen molar-refractivity contribution < 1.29 is 0 Å². The highest BCUT2D eigenvalue weighted by atomic mass is 15.1. The first kappa shape index (κ1) is 9.06. The molecule has 1 aliphatic rings. The minimum atomic E-state index is 0.963. The summed E-state index contributed by atoms with van der Waals surface area (Å²) in [4.78, 5) is 1.92. The zero-order chi connectivity index (χ0) is 11.0. The van der Waals surface area contributed by atoms with E-state index >= 15 is 0 Å². The summed E-state index contributed by atoms with van der Waals surface area (Å²) < 4.78 is 0. The smallest absolute Gasteiger partial charge is 0.0581 e. The molecule has 0 spiro atoms. The highest BCUT2D eigenvalue weighted by Crippen LogP contribution is 2.37. The molecule has 2 aromatic carbocycles. The Hall–Kier alpha value is -2.20. The molecule has 3 rings (SSSR count). The second-order valence-electron chi connectivity index (χ2n) is 3.90. The van der Waals surface area contributed by atoms with Crippen molar-refractivity contribution in [2.45, 2.75) is 6.42 Å². The van der Waals surface area contributed by atoms with Crippen LogP contribution in [-0.4, -0.2) is 0 Å². The minimum absolute atomic E-state index is 0.963. The fourth-order valence-corrected chi connectivity index (χ4v) is 2.23. The van der Waals surface area contributed by atoms with Gasteiger partial charge in [-0.3, -0.25) is 4.90 Å². The van der Waals surface area contributed by atoms with Crippen molar-refractivity contribution in [3.63, 3.8) is 0 Å². The largest absolute Gasteiger partial charge is 0.269 e. The van der Waals surface area contributed by atoms with E-state index in [0.29, 0.717) is 0 Å². The van der Waals surface area contributed by atoms with Crippen molar-refractivity contribution in [3.8, 4) is 12.5 Å². The van der Waals surface area contributed by atoms with Gasteiger partial charge in [-0.25, -0.2) is 0 Å². The van der Waals surface area contributed by atoms with E-state index in [1.807, 2.05) is 17.0 Å². The van der Waals surface area contributed by atoms with Gasteiger partial charge in [0.25, 0.3) is 0 Å². The maximum Gasteiger partial charge on any atom is 0.0581 e. The number of anilines is 2. The molecule has 0 atom stereocenters. The van der Waals surface area contributed by atoms with Gasteiger partial charge in [0.15, 0.2) is 0 Å². The van der Waals surface area contributed by atoms with Crippen LogP contribution in [0.4, 0.5) is 11.4 Å². The predicted molar refractivity (Wildman–Crippen MR) is 66.7 cm³/mol. The molecule has 76 valence electrons. The van der Waals surface area contributed by atoms with Crippen molar-refractivity contribution in [2.24, 2.45) is 0 Å². The van der Waals surface area contributed by atoms with E-state index < -0.39 is 0 Å². The molecular formula is C15H11N. The highest BCUT2D eigenvalue weighted by Gasteiger charge is 2.19. The van der Waals surface area contributed by atoms with Crippen LogP contribution in [0.15, 0.2) is 48.5 Å². The molecule has 0 aliphatic carbocycles. The zero-order valence-electron chi connectivity index (χ0n) is 8.85. The van der Waals surface area contributed by atoms with Crippen LogP contribution in [0.5, 0.6) is 0 Å². The van der Waals surface area contributed by atoms with Crippen molar-refractivity contribution >= 4 is 11.4 Å². The first-order valence-corrected chi connectivity index (χ1v) is 5.32. The van der Waals surface area contributed by atoms with Crippen LogP contribution in [0.1, 0.15) is 11.1 Å². The van der Waals surface area contributed by atoms with Crippen LogP contribution < -0.4 is 4.90 Å². The number of fused-ring (bicyclic) bond motifs is 2. The van der Waals surface area contributed by atoms with Crippen molar-refractivity contribution in [3.05, 3.63) is 59.7 Å². The molecule has 0 amide bonds. The average molecular weight is 205 g/mol. The normalized spacial score (nSPS) is 12.6. The fourth-order valence-electron chi connectivity index (χ4n) is 2.23. The van der Waals surface area contributed by atoms with Gasteiger partial charge in [-0.15, -0.1) is 0 Å². The van der Waals surface area contributed by atoms with Gasteiger partial charge in [0, 0.05) is 12.5 Å². The van der Waals surface area contributed by atoms with Gasteiger partial charge in [0.1, 0.15) is 0 Å². The molecule has 1 heteroatoms. The number of terminal acetylenes is 1. The second kappa shape index (κ2) is 3.43. The van der Waals surface area contributed by atoms with Crippen LogP contribution in [0.2, 0.25) is 0 Å². The summed E-state index contributed by atoms with van der Waals surface area (Å²) in [6.07, 6.45) is 6.57. The van der Waals surface area contributed by atoms with E-state index in [2.05, 4.69) is 42.4 Å².